The standard InChI is InChI=1S/C17H16BrFO2/c1-21-13-6-5-11-7-8-17(20,14(11)9-13)10-12-3-2-4-15(19)16(12)18/h2-6,9,20H,7-8,10H2,1H3. The lowest BCUT2D eigenvalue weighted by molar-refractivity contribution is 0.0385. The summed E-state index contributed by atoms with van der Waals surface area (Å²) in [6.45, 7) is 0. The molecule has 0 aliphatic heterocycles. The zero-order chi connectivity index (χ0) is 15.0. The Hall–Kier alpha value is -1.39. The summed E-state index contributed by atoms with van der Waals surface area (Å²) in [6, 6.07) is 10.7. The first-order valence-corrected chi connectivity index (χ1v) is 7.65. The minimum absolute atomic E-state index is 0.306. The van der Waals surface area contributed by atoms with E-state index in [4.69, 9.17) is 4.74 Å². The molecule has 0 spiro atoms. The number of ether oxygens (including phenoxy) is 1. The van der Waals surface area contributed by atoms with Crippen LogP contribution in [0.3, 0.4) is 0 Å². The second kappa shape index (κ2) is 5.43. The molecule has 1 aliphatic rings. The van der Waals surface area contributed by atoms with Gasteiger partial charge < -0.3 is 9.84 Å². The monoisotopic (exact) mass is 350 g/mol. The van der Waals surface area contributed by atoms with Gasteiger partial charge in [-0.3, -0.25) is 0 Å². The van der Waals surface area contributed by atoms with Gasteiger partial charge in [-0.25, -0.2) is 4.39 Å². The zero-order valence-electron chi connectivity index (χ0n) is 11.7. The van der Waals surface area contributed by atoms with Crippen LogP contribution in [0.1, 0.15) is 23.1 Å². The van der Waals surface area contributed by atoms with Crippen LogP contribution < -0.4 is 4.74 Å². The number of hydrogen-bond donors (Lipinski definition) is 1. The van der Waals surface area contributed by atoms with Crippen molar-refractivity contribution >= 4 is 15.9 Å². The predicted octanol–water partition coefficient (Wildman–Crippen LogP) is 3.97. The lowest BCUT2D eigenvalue weighted by Gasteiger charge is -2.25. The van der Waals surface area contributed by atoms with Crippen LogP contribution in [-0.2, 0) is 18.4 Å². The molecule has 0 bridgehead atoms. The van der Waals surface area contributed by atoms with Gasteiger partial charge in [-0.15, -0.1) is 0 Å². The van der Waals surface area contributed by atoms with E-state index >= 15 is 0 Å². The van der Waals surface area contributed by atoms with Crippen LogP contribution in [0.2, 0.25) is 0 Å². The number of fused-ring (bicyclic) bond motifs is 1. The summed E-state index contributed by atoms with van der Waals surface area (Å²) in [4.78, 5) is 0. The zero-order valence-corrected chi connectivity index (χ0v) is 13.3. The number of aryl methyl sites for hydroxylation is 1. The Bertz CT molecular complexity index is 686. The lowest BCUT2D eigenvalue weighted by Crippen LogP contribution is -2.25. The van der Waals surface area contributed by atoms with Crippen LogP contribution in [0.5, 0.6) is 5.75 Å². The summed E-state index contributed by atoms with van der Waals surface area (Å²) in [7, 11) is 1.61. The average Bonchev–Trinajstić information content (AvgIpc) is 2.81. The van der Waals surface area contributed by atoms with E-state index in [1.165, 1.54) is 6.07 Å². The molecule has 1 unspecified atom stereocenters. The van der Waals surface area contributed by atoms with Gasteiger partial charge in [0.05, 0.1) is 17.2 Å². The van der Waals surface area contributed by atoms with Crippen LogP contribution in [0.15, 0.2) is 40.9 Å². The molecular weight excluding hydrogens is 335 g/mol. The highest BCUT2D eigenvalue weighted by Crippen LogP contribution is 2.42. The molecule has 2 aromatic rings. The molecule has 0 amide bonds. The third-order valence-corrected chi connectivity index (χ3v) is 5.03. The van der Waals surface area contributed by atoms with Crippen LogP contribution in [0.4, 0.5) is 4.39 Å². The van der Waals surface area contributed by atoms with Gasteiger partial charge >= 0.3 is 0 Å². The van der Waals surface area contributed by atoms with Crippen molar-refractivity contribution in [3.05, 3.63) is 63.4 Å². The largest absolute Gasteiger partial charge is 0.497 e. The van der Waals surface area contributed by atoms with E-state index in [9.17, 15) is 9.50 Å². The average molecular weight is 351 g/mol. The van der Waals surface area contributed by atoms with Gasteiger partial charge in [0.2, 0.25) is 0 Å². The molecule has 0 saturated carbocycles. The van der Waals surface area contributed by atoms with Crippen molar-refractivity contribution in [1.29, 1.82) is 0 Å². The van der Waals surface area contributed by atoms with E-state index in [0.717, 1.165) is 28.9 Å². The van der Waals surface area contributed by atoms with Gasteiger partial charge in [0.25, 0.3) is 0 Å². The van der Waals surface area contributed by atoms with Crippen molar-refractivity contribution in [1.82, 2.24) is 0 Å². The van der Waals surface area contributed by atoms with Gasteiger partial charge in [0.1, 0.15) is 11.6 Å². The van der Waals surface area contributed by atoms with Crippen molar-refractivity contribution in [2.24, 2.45) is 0 Å². The molecule has 0 heterocycles. The highest BCUT2D eigenvalue weighted by molar-refractivity contribution is 9.10. The molecule has 0 radical (unpaired) electrons. The number of hydrogen-bond acceptors (Lipinski definition) is 2. The van der Waals surface area contributed by atoms with E-state index < -0.39 is 5.60 Å². The molecule has 0 fully saturated rings. The van der Waals surface area contributed by atoms with E-state index in [2.05, 4.69) is 15.9 Å². The highest BCUT2D eigenvalue weighted by atomic mass is 79.9. The molecule has 1 N–H and O–H groups in total. The van der Waals surface area contributed by atoms with Gasteiger partial charge in [0.15, 0.2) is 0 Å². The normalized spacial score (nSPS) is 20.4. The van der Waals surface area contributed by atoms with Gasteiger partial charge in [0, 0.05) is 6.42 Å². The molecule has 1 atom stereocenters. The molecule has 110 valence electrons. The minimum Gasteiger partial charge on any atom is -0.497 e. The van der Waals surface area contributed by atoms with E-state index in [-0.39, 0.29) is 5.82 Å². The first kappa shape index (κ1) is 14.5. The van der Waals surface area contributed by atoms with Crippen LogP contribution in [0, 0.1) is 5.82 Å². The van der Waals surface area contributed by atoms with E-state index in [0.29, 0.717) is 17.3 Å². The summed E-state index contributed by atoms with van der Waals surface area (Å²) in [5.41, 5.74) is 1.82. The first-order valence-electron chi connectivity index (χ1n) is 6.86. The molecule has 0 saturated heterocycles. The molecule has 0 aromatic heterocycles. The number of benzene rings is 2. The van der Waals surface area contributed by atoms with Gasteiger partial charge in [-0.1, -0.05) is 18.2 Å². The molecule has 1 aliphatic carbocycles. The minimum atomic E-state index is -0.972. The Morgan fingerprint density at radius 2 is 2.14 bits per heavy atom. The molecule has 21 heavy (non-hydrogen) atoms. The second-order valence-electron chi connectivity index (χ2n) is 5.44. The fourth-order valence-electron chi connectivity index (χ4n) is 2.99. The van der Waals surface area contributed by atoms with E-state index in [1.807, 2.05) is 24.3 Å². The van der Waals surface area contributed by atoms with Gasteiger partial charge in [-0.05, 0) is 63.7 Å². The topological polar surface area (TPSA) is 29.5 Å². The maximum absolute atomic E-state index is 13.6. The van der Waals surface area contributed by atoms with Crippen LogP contribution in [-0.4, -0.2) is 12.2 Å². The van der Waals surface area contributed by atoms with Crippen molar-refractivity contribution in [2.45, 2.75) is 24.9 Å². The summed E-state index contributed by atoms with van der Waals surface area (Å²) in [5.74, 6) is 0.423. The third kappa shape index (κ3) is 2.58. The third-order valence-electron chi connectivity index (χ3n) is 4.14. The van der Waals surface area contributed by atoms with Crippen molar-refractivity contribution < 1.29 is 14.2 Å². The quantitative estimate of drug-likeness (QED) is 0.907. The number of methoxy groups -OCH3 is 1. The van der Waals surface area contributed by atoms with E-state index in [1.54, 1.807) is 13.2 Å². The predicted molar refractivity (Wildman–Crippen MR) is 83.0 cm³/mol. The lowest BCUT2D eigenvalue weighted by atomic mass is 9.88. The smallest absolute Gasteiger partial charge is 0.137 e. The van der Waals surface area contributed by atoms with Crippen LogP contribution in [0.25, 0.3) is 0 Å². The first-order chi connectivity index (χ1) is 10.0. The Morgan fingerprint density at radius 1 is 1.33 bits per heavy atom. The van der Waals surface area contributed by atoms with Gasteiger partial charge in [-0.2, -0.15) is 0 Å². The highest BCUT2D eigenvalue weighted by Gasteiger charge is 2.37. The van der Waals surface area contributed by atoms with Crippen molar-refractivity contribution in [3.63, 3.8) is 0 Å². The molecular formula is C17H16BrFO2. The van der Waals surface area contributed by atoms with Crippen LogP contribution >= 0.6 is 15.9 Å². The summed E-state index contributed by atoms with van der Waals surface area (Å²) in [6.07, 6.45) is 1.84. The maximum Gasteiger partial charge on any atom is 0.137 e. The molecule has 2 aromatic carbocycles. The fourth-order valence-corrected chi connectivity index (χ4v) is 3.40. The number of aliphatic hydroxyl groups is 1. The Labute approximate surface area is 131 Å². The summed E-state index contributed by atoms with van der Waals surface area (Å²) >= 11 is 3.27. The SMILES string of the molecule is COc1ccc2c(c1)C(O)(Cc1cccc(F)c1Br)CC2. The summed E-state index contributed by atoms with van der Waals surface area (Å²) in [5, 5.41) is 11.0. The Morgan fingerprint density at radius 3 is 2.90 bits per heavy atom. The maximum atomic E-state index is 13.6. The second-order valence-corrected chi connectivity index (χ2v) is 6.24. The van der Waals surface area contributed by atoms with Crippen molar-refractivity contribution in [3.8, 4) is 5.75 Å². The molecule has 3 rings (SSSR count). The number of halogens is 2. The molecule has 2 nitrogen and oxygen atoms in total. The fraction of sp³-hybridized carbons (Fsp3) is 0.294. The Kier molecular flexibility index (Phi) is 3.76. The Balaban J connectivity index is 1.99. The molecule has 4 heteroatoms. The number of rotatable bonds is 3. The van der Waals surface area contributed by atoms with Crippen molar-refractivity contribution in [2.75, 3.05) is 7.11 Å². The summed E-state index contributed by atoms with van der Waals surface area (Å²) < 4.78 is 19.3.